The summed E-state index contributed by atoms with van der Waals surface area (Å²) in [5, 5.41) is 2.74. The lowest BCUT2D eigenvalue weighted by Gasteiger charge is -2.08. The number of H-pyrrole nitrogens is 1. The van der Waals surface area contributed by atoms with Gasteiger partial charge in [-0.1, -0.05) is 41.9 Å². The number of nitrogens with zero attached hydrogens (tertiary/aromatic N) is 1. The average molecular weight is 366 g/mol. The predicted octanol–water partition coefficient (Wildman–Crippen LogP) is 5.27. The number of imidazole rings is 1. The number of amides is 1. The summed E-state index contributed by atoms with van der Waals surface area (Å²) in [6, 6.07) is 19.0. The van der Waals surface area contributed by atoms with E-state index in [1.807, 2.05) is 30.3 Å². The maximum Gasteiger partial charge on any atom is 0.260 e. The Morgan fingerprint density at radius 2 is 1.85 bits per heavy atom. The van der Waals surface area contributed by atoms with Crippen molar-refractivity contribution in [2.75, 3.05) is 5.32 Å². The molecule has 128 valence electrons. The molecule has 1 heterocycles. The lowest BCUT2D eigenvalue weighted by Crippen LogP contribution is -2.14. The van der Waals surface area contributed by atoms with Gasteiger partial charge in [0.2, 0.25) is 0 Å². The van der Waals surface area contributed by atoms with E-state index in [1.54, 1.807) is 18.2 Å². The van der Waals surface area contributed by atoms with E-state index in [4.69, 9.17) is 11.6 Å². The van der Waals surface area contributed by atoms with E-state index in [2.05, 4.69) is 15.3 Å². The van der Waals surface area contributed by atoms with Crippen molar-refractivity contribution in [3.63, 3.8) is 0 Å². The molecule has 4 aromatic rings. The van der Waals surface area contributed by atoms with E-state index in [0.717, 1.165) is 16.6 Å². The van der Waals surface area contributed by atoms with Gasteiger partial charge >= 0.3 is 0 Å². The van der Waals surface area contributed by atoms with Crippen LogP contribution in [0.25, 0.3) is 22.4 Å². The van der Waals surface area contributed by atoms with Crippen LogP contribution in [0.15, 0.2) is 66.7 Å². The van der Waals surface area contributed by atoms with Crippen molar-refractivity contribution >= 4 is 34.2 Å². The van der Waals surface area contributed by atoms with Gasteiger partial charge in [-0.25, -0.2) is 9.37 Å². The number of carbonyl (C=O) groups excluding carboxylic acids is 1. The maximum atomic E-state index is 13.9. The van der Waals surface area contributed by atoms with Gasteiger partial charge in [0, 0.05) is 11.3 Å². The third-order valence-electron chi connectivity index (χ3n) is 3.97. The van der Waals surface area contributed by atoms with Gasteiger partial charge in [0.1, 0.15) is 11.6 Å². The summed E-state index contributed by atoms with van der Waals surface area (Å²) in [6.45, 7) is 0. The zero-order valence-corrected chi connectivity index (χ0v) is 14.2. The number of halogens is 2. The second kappa shape index (κ2) is 6.61. The molecule has 1 amide bonds. The molecule has 0 aliphatic heterocycles. The maximum absolute atomic E-state index is 13.9. The minimum atomic E-state index is -0.663. The molecule has 26 heavy (non-hydrogen) atoms. The van der Waals surface area contributed by atoms with E-state index in [9.17, 15) is 9.18 Å². The molecule has 0 saturated carbocycles. The fourth-order valence-electron chi connectivity index (χ4n) is 2.74. The SMILES string of the molecule is O=C(Nc1cccc(-c2nc3ccccc3[nH]2)c1)c1c(F)cccc1Cl. The van der Waals surface area contributed by atoms with Crippen LogP contribution in [0.4, 0.5) is 10.1 Å². The van der Waals surface area contributed by atoms with Crippen LogP contribution >= 0.6 is 11.6 Å². The summed E-state index contributed by atoms with van der Waals surface area (Å²) in [5.41, 5.74) is 2.93. The van der Waals surface area contributed by atoms with Crippen LogP contribution in [0.2, 0.25) is 5.02 Å². The van der Waals surface area contributed by atoms with Crippen LogP contribution in [-0.4, -0.2) is 15.9 Å². The number of benzene rings is 3. The fourth-order valence-corrected chi connectivity index (χ4v) is 2.99. The molecule has 0 atom stereocenters. The Bertz CT molecular complexity index is 1070. The minimum absolute atomic E-state index is 0.0657. The first kappa shape index (κ1) is 16.3. The second-order valence-electron chi connectivity index (χ2n) is 5.73. The number of nitrogens with one attached hydrogen (secondary N) is 2. The third kappa shape index (κ3) is 3.05. The van der Waals surface area contributed by atoms with Gasteiger partial charge in [0.15, 0.2) is 0 Å². The molecule has 4 nitrogen and oxygen atoms in total. The van der Waals surface area contributed by atoms with Gasteiger partial charge < -0.3 is 10.3 Å². The number of aromatic nitrogens is 2. The van der Waals surface area contributed by atoms with Crippen molar-refractivity contribution in [2.24, 2.45) is 0 Å². The Hall–Kier alpha value is -3.18. The molecule has 4 rings (SSSR count). The molecule has 0 bridgehead atoms. The van der Waals surface area contributed by atoms with Gasteiger partial charge in [-0.15, -0.1) is 0 Å². The summed E-state index contributed by atoms with van der Waals surface area (Å²) in [5.74, 6) is -0.579. The Morgan fingerprint density at radius 1 is 1.04 bits per heavy atom. The molecule has 1 aromatic heterocycles. The molecule has 2 N–H and O–H groups in total. The first-order valence-corrected chi connectivity index (χ1v) is 8.30. The second-order valence-corrected chi connectivity index (χ2v) is 6.14. The van der Waals surface area contributed by atoms with E-state index in [1.165, 1.54) is 18.2 Å². The van der Waals surface area contributed by atoms with Crippen LogP contribution in [0.5, 0.6) is 0 Å². The number of hydrogen-bond donors (Lipinski definition) is 2. The highest BCUT2D eigenvalue weighted by Gasteiger charge is 2.16. The molecule has 0 spiro atoms. The molecule has 0 aliphatic carbocycles. The fraction of sp³-hybridized carbons (Fsp3) is 0. The molecular formula is C20H13ClFN3O. The highest BCUT2D eigenvalue weighted by Crippen LogP contribution is 2.25. The van der Waals surface area contributed by atoms with Crippen molar-refractivity contribution in [2.45, 2.75) is 0 Å². The minimum Gasteiger partial charge on any atom is -0.338 e. The van der Waals surface area contributed by atoms with Crippen LogP contribution in [-0.2, 0) is 0 Å². The Morgan fingerprint density at radius 3 is 2.65 bits per heavy atom. The van der Waals surface area contributed by atoms with Crippen LogP contribution in [0.3, 0.4) is 0 Å². The van der Waals surface area contributed by atoms with Crippen molar-refractivity contribution in [1.29, 1.82) is 0 Å². The Labute approximate surface area is 153 Å². The topological polar surface area (TPSA) is 57.8 Å². The Kier molecular flexibility index (Phi) is 4.14. The van der Waals surface area contributed by atoms with Gasteiger partial charge in [-0.05, 0) is 36.4 Å². The zero-order valence-electron chi connectivity index (χ0n) is 13.5. The molecule has 0 unspecified atom stereocenters. The van der Waals surface area contributed by atoms with Crippen molar-refractivity contribution < 1.29 is 9.18 Å². The van der Waals surface area contributed by atoms with Crippen LogP contribution in [0, 0.1) is 5.82 Å². The Balaban J connectivity index is 1.64. The number of hydrogen-bond acceptors (Lipinski definition) is 2. The lowest BCUT2D eigenvalue weighted by atomic mass is 10.1. The van der Waals surface area contributed by atoms with Crippen molar-refractivity contribution in [3.05, 3.63) is 83.1 Å². The summed E-state index contributed by atoms with van der Waals surface area (Å²) in [4.78, 5) is 20.2. The third-order valence-corrected chi connectivity index (χ3v) is 4.29. The van der Waals surface area contributed by atoms with Gasteiger partial charge in [-0.2, -0.15) is 0 Å². The van der Waals surface area contributed by atoms with E-state index >= 15 is 0 Å². The van der Waals surface area contributed by atoms with Crippen molar-refractivity contribution in [3.8, 4) is 11.4 Å². The number of anilines is 1. The number of rotatable bonds is 3. The predicted molar refractivity (Wildman–Crippen MR) is 101 cm³/mol. The molecule has 0 saturated heterocycles. The summed E-state index contributed by atoms with van der Waals surface area (Å²) in [6.07, 6.45) is 0. The lowest BCUT2D eigenvalue weighted by molar-refractivity contribution is 0.102. The molecule has 6 heteroatoms. The number of carbonyl (C=O) groups is 1. The largest absolute Gasteiger partial charge is 0.338 e. The highest BCUT2D eigenvalue weighted by atomic mass is 35.5. The van der Waals surface area contributed by atoms with Gasteiger partial charge in [0.05, 0.1) is 21.6 Å². The first-order valence-electron chi connectivity index (χ1n) is 7.92. The highest BCUT2D eigenvalue weighted by molar-refractivity contribution is 6.34. The smallest absolute Gasteiger partial charge is 0.260 e. The normalized spacial score (nSPS) is 10.8. The quantitative estimate of drug-likeness (QED) is 0.519. The number of aromatic amines is 1. The monoisotopic (exact) mass is 365 g/mol. The zero-order chi connectivity index (χ0) is 18.1. The van der Waals surface area contributed by atoms with Gasteiger partial charge in [-0.3, -0.25) is 4.79 Å². The van der Waals surface area contributed by atoms with E-state index in [0.29, 0.717) is 11.5 Å². The van der Waals surface area contributed by atoms with E-state index in [-0.39, 0.29) is 10.6 Å². The summed E-state index contributed by atoms with van der Waals surface area (Å²) in [7, 11) is 0. The number of fused-ring (bicyclic) bond motifs is 1. The summed E-state index contributed by atoms with van der Waals surface area (Å²) < 4.78 is 13.9. The van der Waals surface area contributed by atoms with Crippen LogP contribution < -0.4 is 5.32 Å². The van der Waals surface area contributed by atoms with Crippen LogP contribution in [0.1, 0.15) is 10.4 Å². The molecular weight excluding hydrogens is 353 g/mol. The summed E-state index contributed by atoms with van der Waals surface area (Å²) >= 11 is 5.95. The average Bonchev–Trinajstić information content (AvgIpc) is 3.06. The first-order chi connectivity index (χ1) is 12.6. The van der Waals surface area contributed by atoms with Gasteiger partial charge in [0.25, 0.3) is 5.91 Å². The molecule has 0 radical (unpaired) electrons. The van der Waals surface area contributed by atoms with Crippen molar-refractivity contribution in [1.82, 2.24) is 9.97 Å². The molecule has 3 aromatic carbocycles. The molecule has 0 fully saturated rings. The number of para-hydroxylation sites is 2. The standard InChI is InChI=1S/C20H13ClFN3O/c21-14-7-4-8-15(22)18(14)20(26)23-13-6-3-5-12(11-13)19-24-16-9-1-2-10-17(16)25-19/h1-11H,(H,23,26)(H,24,25). The van der Waals surface area contributed by atoms with E-state index < -0.39 is 11.7 Å². The molecule has 0 aliphatic rings.